The fourth-order valence-corrected chi connectivity index (χ4v) is 4.84. The van der Waals surface area contributed by atoms with Gasteiger partial charge in [0.1, 0.15) is 17.2 Å². The molecule has 12 heteroatoms. The minimum atomic E-state index is -4.41. The molecule has 1 atom stereocenters. The Bertz CT molecular complexity index is 766. The minimum absolute atomic E-state index is 0.0471. The Kier molecular flexibility index (Phi) is 7.10. The third kappa shape index (κ3) is 5.67. The summed E-state index contributed by atoms with van der Waals surface area (Å²) in [5.41, 5.74) is 0.282. The molecule has 1 aliphatic heterocycles. The van der Waals surface area contributed by atoms with Gasteiger partial charge in [0, 0.05) is 25.0 Å². The number of piperidine rings is 1. The molecule has 0 bridgehead atoms. The molecule has 0 saturated carbocycles. The van der Waals surface area contributed by atoms with Gasteiger partial charge >= 0.3 is 6.18 Å². The van der Waals surface area contributed by atoms with Crippen LogP contribution in [0.1, 0.15) is 31.2 Å². The molecule has 2 rings (SSSR count). The Morgan fingerprint density at radius 3 is 2.46 bits per heavy atom. The number of aryl methyl sites for hydroxylation is 2. The average molecular weight is 427 g/mol. The number of nitrogens with one attached hydrogen (secondary N) is 1. The lowest BCUT2D eigenvalue weighted by Gasteiger charge is -2.31. The van der Waals surface area contributed by atoms with Crippen molar-refractivity contribution in [2.24, 2.45) is 5.92 Å². The Labute approximate surface area is 161 Å². The van der Waals surface area contributed by atoms with E-state index in [9.17, 15) is 26.4 Å². The van der Waals surface area contributed by atoms with Crippen LogP contribution in [0.3, 0.4) is 0 Å². The molecule has 1 aliphatic rings. The quantitative estimate of drug-likeness (QED) is 0.712. The van der Waals surface area contributed by atoms with Crippen LogP contribution in [-0.4, -0.2) is 62.3 Å². The van der Waals surface area contributed by atoms with Crippen LogP contribution in [0.4, 0.5) is 13.2 Å². The van der Waals surface area contributed by atoms with Gasteiger partial charge in [0.25, 0.3) is 0 Å². The van der Waals surface area contributed by atoms with E-state index in [0.29, 0.717) is 12.8 Å². The second-order valence-corrected chi connectivity index (χ2v) is 8.75. The fourth-order valence-electron chi connectivity index (χ4n) is 3.08. The van der Waals surface area contributed by atoms with E-state index in [0.717, 1.165) is 0 Å². The number of carbonyl (C=O) groups is 1. The van der Waals surface area contributed by atoms with Gasteiger partial charge in [-0.2, -0.15) is 17.5 Å². The predicted molar refractivity (Wildman–Crippen MR) is 91.9 cm³/mol. The van der Waals surface area contributed by atoms with Crippen LogP contribution in [0, 0.1) is 19.8 Å². The first-order valence-corrected chi connectivity index (χ1v) is 10.2. The van der Waals surface area contributed by atoms with Crippen molar-refractivity contribution >= 4 is 15.9 Å². The molecule has 1 amide bonds. The summed E-state index contributed by atoms with van der Waals surface area (Å²) in [6, 6.07) is -0.584. The second kappa shape index (κ2) is 8.78. The average Bonchev–Trinajstić information content (AvgIpc) is 2.93. The number of halogens is 3. The molecule has 2 heterocycles. The third-order valence-corrected chi connectivity index (χ3v) is 6.56. The molecular formula is C16H24F3N3O5S. The summed E-state index contributed by atoms with van der Waals surface area (Å²) in [7, 11) is -3.76. The monoisotopic (exact) mass is 427 g/mol. The standard InChI is InChI=1S/C16H24F3N3O5S/c1-10(8-26-9-16(17,18)19)20-15(23)13-4-6-22(7-5-13)28(24,25)14-11(2)21-27-12(14)3/h10,13H,4-9H2,1-3H3,(H,20,23). The normalized spacial score (nSPS) is 18.2. The first kappa shape index (κ1) is 22.6. The zero-order valence-electron chi connectivity index (χ0n) is 15.9. The van der Waals surface area contributed by atoms with Crippen molar-refractivity contribution in [2.45, 2.75) is 50.7 Å². The molecule has 1 unspecified atom stereocenters. The SMILES string of the molecule is Cc1noc(C)c1S(=O)(=O)N1CCC(C(=O)NC(C)COCC(F)(F)F)CC1. The highest BCUT2D eigenvalue weighted by atomic mass is 32.2. The summed E-state index contributed by atoms with van der Waals surface area (Å²) in [6.07, 6.45) is -3.79. The lowest BCUT2D eigenvalue weighted by Crippen LogP contribution is -2.45. The summed E-state index contributed by atoms with van der Waals surface area (Å²) < 4.78 is 72.5. The molecular weight excluding hydrogens is 403 g/mol. The fraction of sp³-hybridized carbons (Fsp3) is 0.750. The van der Waals surface area contributed by atoms with Crippen LogP contribution < -0.4 is 5.32 Å². The van der Waals surface area contributed by atoms with Crippen LogP contribution in [0.2, 0.25) is 0 Å². The Hall–Kier alpha value is -1.66. The van der Waals surface area contributed by atoms with Crippen LogP contribution in [0.25, 0.3) is 0 Å². The van der Waals surface area contributed by atoms with Crippen LogP contribution >= 0.6 is 0 Å². The third-order valence-electron chi connectivity index (χ3n) is 4.41. The number of hydrogen-bond acceptors (Lipinski definition) is 6. The number of rotatable bonds is 7. The minimum Gasteiger partial charge on any atom is -0.370 e. The van der Waals surface area contributed by atoms with E-state index in [2.05, 4.69) is 15.2 Å². The van der Waals surface area contributed by atoms with E-state index < -0.39 is 34.8 Å². The van der Waals surface area contributed by atoms with E-state index in [4.69, 9.17) is 4.52 Å². The summed E-state index contributed by atoms with van der Waals surface area (Å²) in [5.74, 6) is -0.524. The van der Waals surface area contributed by atoms with Gasteiger partial charge in [0.05, 0.1) is 6.61 Å². The van der Waals surface area contributed by atoms with Crippen molar-refractivity contribution in [1.82, 2.24) is 14.8 Å². The molecule has 1 N–H and O–H groups in total. The zero-order chi connectivity index (χ0) is 21.1. The number of amides is 1. The van der Waals surface area contributed by atoms with Crippen molar-refractivity contribution in [1.29, 1.82) is 0 Å². The van der Waals surface area contributed by atoms with E-state index in [1.807, 2.05) is 0 Å². The lowest BCUT2D eigenvalue weighted by atomic mass is 9.97. The van der Waals surface area contributed by atoms with Crippen molar-refractivity contribution in [3.63, 3.8) is 0 Å². The van der Waals surface area contributed by atoms with E-state index >= 15 is 0 Å². The van der Waals surface area contributed by atoms with Crippen LogP contribution in [-0.2, 0) is 19.6 Å². The number of nitrogens with zero attached hydrogens (tertiary/aromatic N) is 2. The van der Waals surface area contributed by atoms with Crippen LogP contribution in [0.5, 0.6) is 0 Å². The number of alkyl halides is 3. The summed E-state index contributed by atoms with van der Waals surface area (Å²) in [5, 5.41) is 6.28. The van der Waals surface area contributed by atoms with Crippen molar-refractivity contribution in [3.05, 3.63) is 11.5 Å². The van der Waals surface area contributed by atoms with Crippen molar-refractivity contribution in [3.8, 4) is 0 Å². The molecule has 0 spiro atoms. The Balaban J connectivity index is 1.85. The van der Waals surface area contributed by atoms with Gasteiger partial charge in [0.2, 0.25) is 15.9 Å². The predicted octanol–water partition coefficient (Wildman–Crippen LogP) is 1.78. The van der Waals surface area contributed by atoms with Gasteiger partial charge in [-0.1, -0.05) is 5.16 Å². The number of ether oxygens (including phenoxy) is 1. The smallest absolute Gasteiger partial charge is 0.370 e. The lowest BCUT2D eigenvalue weighted by molar-refractivity contribution is -0.175. The van der Waals surface area contributed by atoms with E-state index in [1.54, 1.807) is 13.8 Å². The summed E-state index contributed by atoms with van der Waals surface area (Å²) >= 11 is 0. The van der Waals surface area contributed by atoms with Crippen molar-refractivity contribution in [2.75, 3.05) is 26.3 Å². The topological polar surface area (TPSA) is 102 Å². The number of carbonyl (C=O) groups excluding carboxylic acids is 1. The second-order valence-electron chi connectivity index (χ2n) is 6.87. The van der Waals surface area contributed by atoms with Crippen molar-refractivity contribution < 1.29 is 35.6 Å². The zero-order valence-corrected chi connectivity index (χ0v) is 16.7. The highest BCUT2D eigenvalue weighted by molar-refractivity contribution is 7.89. The van der Waals surface area contributed by atoms with E-state index in [-0.39, 0.29) is 42.0 Å². The molecule has 8 nitrogen and oxygen atoms in total. The molecule has 0 aromatic carbocycles. The first-order valence-electron chi connectivity index (χ1n) is 8.79. The summed E-state index contributed by atoms with van der Waals surface area (Å²) in [6.45, 7) is 3.30. The largest absolute Gasteiger partial charge is 0.411 e. The molecule has 1 fully saturated rings. The number of aromatic nitrogens is 1. The Morgan fingerprint density at radius 1 is 1.36 bits per heavy atom. The molecule has 160 valence electrons. The van der Waals surface area contributed by atoms with Gasteiger partial charge in [0.15, 0.2) is 5.76 Å². The maximum Gasteiger partial charge on any atom is 0.411 e. The maximum absolute atomic E-state index is 12.8. The molecule has 0 aliphatic carbocycles. The van der Waals surface area contributed by atoms with Gasteiger partial charge in [-0.3, -0.25) is 4.79 Å². The molecule has 1 saturated heterocycles. The molecule has 28 heavy (non-hydrogen) atoms. The highest BCUT2D eigenvalue weighted by Crippen LogP contribution is 2.27. The molecule has 0 radical (unpaired) electrons. The van der Waals surface area contributed by atoms with Gasteiger partial charge in [-0.15, -0.1) is 0 Å². The maximum atomic E-state index is 12.8. The van der Waals surface area contributed by atoms with Crippen LogP contribution in [0.15, 0.2) is 9.42 Å². The molecule has 1 aromatic rings. The Morgan fingerprint density at radius 2 is 1.96 bits per heavy atom. The van der Waals surface area contributed by atoms with Gasteiger partial charge in [-0.25, -0.2) is 8.42 Å². The summed E-state index contributed by atoms with van der Waals surface area (Å²) in [4.78, 5) is 12.3. The highest BCUT2D eigenvalue weighted by Gasteiger charge is 2.35. The number of hydrogen-bond donors (Lipinski definition) is 1. The number of sulfonamides is 1. The van der Waals surface area contributed by atoms with Gasteiger partial charge < -0.3 is 14.6 Å². The molecule has 1 aromatic heterocycles. The van der Waals surface area contributed by atoms with Gasteiger partial charge in [-0.05, 0) is 33.6 Å². The van der Waals surface area contributed by atoms with E-state index in [1.165, 1.54) is 11.2 Å². The first-order chi connectivity index (χ1) is 12.9.